The molecule has 0 aromatic carbocycles. The number of hydrogen-bond donors (Lipinski definition) is 2. The number of nitrogens with one attached hydrogen (secondary N) is 1. The third-order valence-corrected chi connectivity index (χ3v) is 7.14. The summed E-state index contributed by atoms with van der Waals surface area (Å²) in [7, 11) is 0. The van der Waals surface area contributed by atoms with Crippen LogP contribution in [0.4, 0.5) is 0 Å². The van der Waals surface area contributed by atoms with Crippen molar-refractivity contribution < 1.29 is 19.5 Å². The molecule has 0 bridgehead atoms. The van der Waals surface area contributed by atoms with Crippen LogP contribution < -0.4 is 5.32 Å². The number of thioether (sulfide) groups is 2. The van der Waals surface area contributed by atoms with Crippen molar-refractivity contribution >= 4 is 52.6 Å². The highest BCUT2D eigenvalue weighted by atomic mass is 32.2. The largest absolute Gasteiger partial charge is 0.477 e. The molecule has 2 N–H and O–H groups in total. The summed E-state index contributed by atoms with van der Waals surface area (Å²) in [5.41, 5.74) is 0.871. The van der Waals surface area contributed by atoms with Crippen molar-refractivity contribution in [3.63, 3.8) is 0 Å². The van der Waals surface area contributed by atoms with Crippen molar-refractivity contribution in [3.05, 3.63) is 33.7 Å². The fraction of sp³-hybridized carbons (Fsp3) is 0.438. The quantitative estimate of drug-likeness (QED) is 0.681. The Morgan fingerprint density at radius 3 is 2.92 bits per heavy atom. The van der Waals surface area contributed by atoms with Crippen molar-refractivity contribution in [1.82, 2.24) is 10.2 Å². The van der Waals surface area contributed by atoms with E-state index in [1.807, 2.05) is 24.4 Å². The second-order valence-corrected chi connectivity index (χ2v) is 9.02. The zero-order valence-electron chi connectivity index (χ0n) is 13.6. The zero-order valence-corrected chi connectivity index (χ0v) is 16.0. The summed E-state index contributed by atoms with van der Waals surface area (Å²) < 4.78 is 0. The van der Waals surface area contributed by atoms with Gasteiger partial charge in [-0.15, -0.1) is 23.1 Å². The van der Waals surface area contributed by atoms with Gasteiger partial charge in [0.1, 0.15) is 17.1 Å². The van der Waals surface area contributed by atoms with E-state index in [4.69, 9.17) is 0 Å². The molecule has 0 aliphatic carbocycles. The van der Waals surface area contributed by atoms with E-state index in [0.717, 1.165) is 16.2 Å². The van der Waals surface area contributed by atoms with E-state index in [1.54, 1.807) is 11.8 Å². The minimum atomic E-state index is -1.08. The number of carbonyl (C=O) groups is 3. The second-order valence-electron chi connectivity index (χ2n) is 5.61. The highest BCUT2D eigenvalue weighted by molar-refractivity contribution is 8.01. The Bertz CT molecular complexity index is 717. The van der Waals surface area contributed by atoms with Crippen molar-refractivity contribution in [2.45, 2.75) is 24.8 Å². The summed E-state index contributed by atoms with van der Waals surface area (Å²) in [5.74, 6) is 0.438. The van der Waals surface area contributed by atoms with Crippen LogP contribution in [0.15, 0.2) is 28.8 Å². The van der Waals surface area contributed by atoms with Gasteiger partial charge in [0.25, 0.3) is 5.91 Å². The molecule has 25 heavy (non-hydrogen) atoms. The fourth-order valence-corrected chi connectivity index (χ4v) is 5.68. The van der Waals surface area contributed by atoms with Crippen LogP contribution in [0.3, 0.4) is 0 Å². The first kappa shape index (κ1) is 18.3. The van der Waals surface area contributed by atoms with Crippen LogP contribution in [-0.2, 0) is 20.8 Å². The van der Waals surface area contributed by atoms with Gasteiger partial charge in [0.05, 0.1) is 6.42 Å². The molecule has 0 saturated carbocycles. The molecular formula is C16H18N2O4S3. The molecule has 0 spiro atoms. The predicted molar refractivity (Wildman–Crippen MR) is 101 cm³/mol. The minimum Gasteiger partial charge on any atom is -0.477 e. The minimum absolute atomic E-state index is 0.0958. The van der Waals surface area contributed by atoms with Crippen LogP contribution in [0, 0.1) is 0 Å². The van der Waals surface area contributed by atoms with Crippen molar-refractivity contribution in [2.75, 3.05) is 17.3 Å². The summed E-state index contributed by atoms with van der Waals surface area (Å²) in [6, 6.07) is 3.10. The molecule has 1 saturated heterocycles. The van der Waals surface area contributed by atoms with Crippen LogP contribution >= 0.6 is 34.9 Å². The number of amides is 2. The average molecular weight is 399 g/mol. The van der Waals surface area contributed by atoms with E-state index in [0.29, 0.717) is 11.5 Å². The maximum absolute atomic E-state index is 12.5. The Morgan fingerprint density at radius 2 is 2.28 bits per heavy atom. The molecule has 3 rings (SSSR count). The van der Waals surface area contributed by atoms with Crippen LogP contribution in [0.25, 0.3) is 0 Å². The molecule has 2 aliphatic rings. The summed E-state index contributed by atoms with van der Waals surface area (Å²) in [6.07, 6.45) is 0.235. The van der Waals surface area contributed by atoms with Crippen LogP contribution in [0.2, 0.25) is 0 Å². The molecule has 9 heteroatoms. The third-order valence-electron chi connectivity index (χ3n) is 3.96. The number of carbonyl (C=O) groups excluding carboxylic acids is 2. The normalized spacial score (nSPS) is 22.4. The molecular weight excluding hydrogens is 380 g/mol. The maximum atomic E-state index is 12.5. The van der Waals surface area contributed by atoms with E-state index in [-0.39, 0.29) is 29.3 Å². The Labute approximate surface area is 158 Å². The first-order chi connectivity index (χ1) is 12.0. The lowest BCUT2D eigenvalue weighted by molar-refractivity contribution is -0.150. The van der Waals surface area contributed by atoms with Gasteiger partial charge in [0.2, 0.25) is 5.91 Å². The molecule has 2 atom stereocenters. The monoisotopic (exact) mass is 398 g/mol. The first-order valence-corrected chi connectivity index (χ1v) is 10.9. The summed E-state index contributed by atoms with van der Waals surface area (Å²) >= 11 is 4.64. The Balaban J connectivity index is 1.68. The molecule has 0 radical (unpaired) electrons. The van der Waals surface area contributed by atoms with Gasteiger partial charge < -0.3 is 10.4 Å². The number of fused-ring (bicyclic) bond motifs is 1. The number of β-lactam (4-membered cyclic amide) rings is 1. The smallest absolute Gasteiger partial charge is 0.352 e. The molecule has 1 fully saturated rings. The zero-order chi connectivity index (χ0) is 18.0. The van der Waals surface area contributed by atoms with E-state index in [9.17, 15) is 19.5 Å². The number of rotatable bonds is 7. The molecule has 6 nitrogen and oxygen atoms in total. The molecule has 1 aromatic rings. The highest BCUT2D eigenvalue weighted by Gasteiger charge is 2.54. The number of thiophene rings is 1. The van der Waals surface area contributed by atoms with E-state index >= 15 is 0 Å². The molecule has 3 heterocycles. The lowest BCUT2D eigenvalue weighted by Gasteiger charge is -2.49. The molecule has 2 amide bonds. The summed E-state index contributed by atoms with van der Waals surface area (Å²) in [5, 5.41) is 13.9. The van der Waals surface area contributed by atoms with Gasteiger partial charge in [0.15, 0.2) is 0 Å². The highest BCUT2D eigenvalue weighted by Crippen LogP contribution is 2.41. The van der Waals surface area contributed by atoms with Crippen molar-refractivity contribution in [2.24, 2.45) is 0 Å². The van der Waals surface area contributed by atoms with Crippen LogP contribution in [-0.4, -0.2) is 56.5 Å². The van der Waals surface area contributed by atoms with E-state index in [1.165, 1.54) is 28.0 Å². The van der Waals surface area contributed by atoms with Gasteiger partial charge in [0, 0.05) is 16.4 Å². The van der Waals surface area contributed by atoms with E-state index < -0.39 is 12.0 Å². The molecule has 134 valence electrons. The lowest BCUT2D eigenvalue weighted by Crippen LogP contribution is -2.70. The summed E-state index contributed by atoms with van der Waals surface area (Å²) in [6.45, 7) is 2.01. The van der Waals surface area contributed by atoms with Gasteiger partial charge >= 0.3 is 5.97 Å². The van der Waals surface area contributed by atoms with Gasteiger partial charge in [-0.3, -0.25) is 14.5 Å². The number of carboxylic acid groups (broad SMARTS) is 1. The SMILES string of the molecule is CCSCC1=C(C(=O)O)N2C(=O)[C@@H](NC(=O)Cc3cccs3)[C@@H]2SC1. The van der Waals surface area contributed by atoms with Crippen molar-refractivity contribution in [3.8, 4) is 0 Å². The van der Waals surface area contributed by atoms with Gasteiger partial charge in [-0.05, 0) is 22.8 Å². The lowest BCUT2D eigenvalue weighted by atomic mass is 10.0. The average Bonchev–Trinajstić information content (AvgIpc) is 3.09. The Kier molecular flexibility index (Phi) is 5.75. The maximum Gasteiger partial charge on any atom is 0.352 e. The standard InChI is InChI=1S/C16H18N2O4S3/c1-2-23-7-9-8-25-15-12(14(20)18(15)13(9)16(21)22)17-11(19)6-10-4-3-5-24-10/h3-5,12,15H,2,6-8H2,1H3,(H,17,19)(H,21,22)/t12-,15+/m1/s1. The fourth-order valence-electron chi connectivity index (χ4n) is 2.82. The summed E-state index contributed by atoms with van der Waals surface area (Å²) in [4.78, 5) is 38.5. The second kappa shape index (κ2) is 7.84. The van der Waals surface area contributed by atoms with Gasteiger partial charge in [-0.2, -0.15) is 11.8 Å². The van der Waals surface area contributed by atoms with Gasteiger partial charge in [-0.1, -0.05) is 13.0 Å². The predicted octanol–water partition coefficient (Wildman–Crippen LogP) is 1.78. The number of nitrogens with zero attached hydrogens (tertiary/aromatic N) is 1. The van der Waals surface area contributed by atoms with Crippen LogP contribution in [0.1, 0.15) is 11.8 Å². The topological polar surface area (TPSA) is 86.7 Å². The molecule has 1 aromatic heterocycles. The Morgan fingerprint density at radius 1 is 1.48 bits per heavy atom. The van der Waals surface area contributed by atoms with Crippen molar-refractivity contribution in [1.29, 1.82) is 0 Å². The third kappa shape index (κ3) is 3.73. The number of aliphatic carboxylic acids is 1. The van der Waals surface area contributed by atoms with Gasteiger partial charge in [-0.25, -0.2) is 4.79 Å². The molecule has 0 unspecified atom stereocenters. The van der Waals surface area contributed by atoms with E-state index in [2.05, 4.69) is 5.32 Å². The first-order valence-electron chi connectivity index (χ1n) is 7.82. The Hall–Kier alpha value is -1.45. The molecule has 2 aliphatic heterocycles. The number of hydrogen-bond acceptors (Lipinski definition) is 6. The van der Waals surface area contributed by atoms with Crippen LogP contribution in [0.5, 0.6) is 0 Å². The number of carboxylic acids is 1.